The van der Waals surface area contributed by atoms with Crippen LogP contribution in [0.4, 0.5) is 0 Å². The van der Waals surface area contributed by atoms with Crippen LogP contribution in [-0.4, -0.2) is 205 Å². The minimum atomic E-state index is -5.81. The van der Waals surface area contributed by atoms with Crippen LogP contribution in [0.25, 0.3) is 0 Å². The standard InChI is InChI=1S/C94H175O25P/c1-6-10-14-18-22-25-28-31-33-35-38-40-43-46-53-60-66-78(97)111-72-76-82(101)84(103)88(107)94(115-76)118-91-89(116-80(99)68-62-56-48-45-41-37-30-27-24-20-16-12-8-3)85(104)86(105)90(117-93-87(106)83(102)81(100)75(69-95)114-93)92(91)119-120(108,109)112-71-74(113-79(98)67-61-55-47-44-42-39-36-34-32-29-26-23-19-15-11-7-2)70-110-77(96)65-59-54-50-49-52-58-64-73(5)63-57-51-21-17-13-9-4/h37,41,73-76,81-95,100-107H,6-36,38-40,42-72H2,1-5H3,(H,108,109)/b41-37-. The van der Waals surface area contributed by atoms with E-state index in [1.54, 1.807) is 0 Å². The molecule has 1 saturated carbocycles. The Morgan fingerprint density at radius 1 is 0.350 bits per heavy atom. The number of esters is 4. The van der Waals surface area contributed by atoms with Crippen LogP contribution in [0.3, 0.4) is 0 Å². The number of ether oxygens (including phenoxy) is 8. The van der Waals surface area contributed by atoms with Crippen LogP contribution in [0.15, 0.2) is 12.2 Å². The molecule has 120 heavy (non-hydrogen) atoms. The first-order chi connectivity index (χ1) is 58.1. The van der Waals surface area contributed by atoms with Crippen molar-refractivity contribution in [2.45, 2.75) is 530 Å². The molecule has 706 valence electrons. The van der Waals surface area contributed by atoms with Gasteiger partial charge in [0.1, 0.15) is 92.6 Å². The van der Waals surface area contributed by atoms with Crippen LogP contribution in [0.2, 0.25) is 0 Å². The molecule has 0 aromatic rings. The fourth-order valence-corrected chi connectivity index (χ4v) is 17.3. The summed E-state index contributed by atoms with van der Waals surface area (Å²) < 4.78 is 73.6. The van der Waals surface area contributed by atoms with Crippen molar-refractivity contribution in [2.75, 3.05) is 26.4 Å². The highest BCUT2D eigenvalue weighted by Gasteiger charge is 2.60. The summed E-state index contributed by atoms with van der Waals surface area (Å²) >= 11 is 0. The summed E-state index contributed by atoms with van der Waals surface area (Å²) in [6, 6.07) is 0. The van der Waals surface area contributed by atoms with E-state index in [4.69, 9.17) is 46.9 Å². The van der Waals surface area contributed by atoms with E-state index in [1.165, 1.54) is 205 Å². The van der Waals surface area contributed by atoms with Crippen molar-refractivity contribution in [3.05, 3.63) is 12.2 Å². The van der Waals surface area contributed by atoms with E-state index >= 15 is 0 Å². The van der Waals surface area contributed by atoms with Crippen LogP contribution in [0.1, 0.15) is 426 Å². The van der Waals surface area contributed by atoms with Crippen molar-refractivity contribution < 1.29 is 122 Å². The van der Waals surface area contributed by atoms with E-state index in [1.807, 2.05) is 0 Å². The zero-order valence-electron chi connectivity index (χ0n) is 75.6. The number of hydrogen-bond acceptors (Lipinski definition) is 24. The van der Waals surface area contributed by atoms with E-state index in [0.29, 0.717) is 38.0 Å². The molecule has 0 bridgehead atoms. The van der Waals surface area contributed by atoms with Gasteiger partial charge in [0.05, 0.1) is 13.2 Å². The van der Waals surface area contributed by atoms with E-state index in [9.17, 15) is 74.6 Å². The Balaban J connectivity index is 1.90. The van der Waals surface area contributed by atoms with E-state index in [0.717, 1.165) is 122 Å². The number of phosphoric ester groups is 1. The van der Waals surface area contributed by atoms with Gasteiger partial charge in [0.25, 0.3) is 0 Å². The molecular formula is C94H175O25P. The Hall–Kier alpha value is -2.79. The van der Waals surface area contributed by atoms with Gasteiger partial charge in [-0.1, -0.05) is 361 Å². The maximum Gasteiger partial charge on any atom is 0.472 e. The summed E-state index contributed by atoms with van der Waals surface area (Å²) in [6.07, 6.45) is 30.5. The van der Waals surface area contributed by atoms with Gasteiger partial charge < -0.3 is 88.7 Å². The molecule has 10 N–H and O–H groups in total. The molecular weight excluding hydrogens is 1560 g/mol. The number of carbonyl (C=O) groups is 4. The first kappa shape index (κ1) is 111. The minimum absolute atomic E-state index is 0.0172. The summed E-state index contributed by atoms with van der Waals surface area (Å²) in [4.78, 5) is 66.6. The lowest BCUT2D eigenvalue weighted by Gasteiger charge is -2.50. The van der Waals surface area contributed by atoms with Crippen molar-refractivity contribution in [1.29, 1.82) is 0 Å². The summed E-state index contributed by atoms with van der Waals surface area (Å²) in [5.74, 6) is -2.28. The highest BCUT2D eigenvalue weighted by molar-refractivity contribution is 7.47. The fourth-order valence-electron chi connectivity index (χ4n) is 16.3. The number of unbranched alkanes of at least 4 members (excludes halogenated alkanes) is 49. The third-order valence-electron chi connectivity index (χ3n) is 24.2. The maximum absolute atomic E-state index is 14.9. The van der Waals surface area contributed by atoms with Crippen molar-refractivity contribution in [2.24, 2.45) is 5.92 Å². The monoisotopic (exact) mass is 1740 g/mol. The largest absolute Gasteiger partial charge is 0.472 e. The molecule has 26 heteroatoms. The number of carbonyl (C=O) groups excluding carboxylic acids is 4. The number of rotatable bonds is 79. The van der Waals surface area contributed by atoms with Crippen LogP contribution < -0.4 is 0 Å². The number of hydrogen-bond donors (Lipinski definition) is 10. The van der Waals surface area contributed by atoms with Gasteiger partial charge in [-0.15, -0.1) is 0 Å². The molecule has 2 heterocycles. The van der Waals surface area contributed by atoms with Crippen molar-refractivity contribution in [3.63, 3.8) is 0 Å². The number of phosphoric acid groups is 1. The zero-order chi connectivity index (χ0) is 87.6. The van der Waals surface area contributed by atoms with Gasteiger partial charge in [-0.25, -0.2) is 4.57 Å². The average Bonchev–Trinajstić information content (AvgIpc) is 0.754. The number of allylic oxidation sites excluding steroid dienone is 2. The summed E-state index contributed by atoms with van der Waals surface area (Å²) in [7, 11) is -5.81. The van der Waals surface area contributed by atoms with Crippen LogP contribution >= 0.6 is 7.82 Å². The highest BCUT2D eigenvalue weighted by Crippen LogP contribution is 2.49. The second-order valence-electron chi connectivity index (χ2n) is 35.2. The third-order valence-corrected chi connectivity index (χ3v) is 25.2. The Labute approximate surface area is 724 Å². The van der Waals surface area contributed by atoms with Gasteiger partial charge in [-0.05, 0) is 57.3 Å². The molecule has 25 nitrogen and oxygen atoms in total. The molecule has 0 aromatic heterocycles. The fraction of sp³-hybridized carbons (Fsp3) is 0.936. The molecule has 19 atom stereocenters. The number of aliphatic hydroxyl groups excluding tert-OH is 9. The second kappa shape index (κ2) is 72.2. The smallest absolute Gasteiger partial charge is 0.463 e. The summed E-state index contributed by atoms with van der Waals surface area (Å²) in [6.45, 7) is 7.95. The van der Waals surface area contributed by atoms with Crippen molar-refractivity contribution in [3.8, 4) is 0 Å². The van der Waals surface area contributed by atoms with E-state index in [2.05, 4.69) is 46.8 Å². The second-order valence-corrected chi connectivity index (χ2v) is 36.6. The van der Waals surface area contributed by atoms with Gasteiger partial charge in [0.15, 0.2) is 24.8 Å². The predicted octanol–water partition coefficient (Wildman–Crippen LogP) is 18.6. The Bertz CT molecular complexity index is 2550. The lowest BCUT2D eigenvalue weighted by molar-refractivity contribution is -0.360. The Morgan fingerprint density at radius 2 is 0.675 bits per heavy atom. The van der Waals surface area contributed by atoms with Crippen molar-refractivity contribution in [1.82, 2.24) is 0 Å². The maximum atomic E-state index is 14.9. The molecule has 0 aromatic carbocycles. The highest BCUT2D eigenvalue weighted by atomic mass is 31.2. The normalized spacial score (nSPS) is 25.0. The molecule has 0 amide bonds. The van der Waals surface area contributed by atoms with Gasteiger partial charge in [0.2, 0.25) is 0 Å². The van der Waals surface area contributed by atoms with Gasteiger partial charge in [-0.3, -0.25) is 28.2 Å². The Kier molecular flexibility index (Phi) is 67.0. The van der Waals surface area contributed by atoms with Crippen LogP contribution in [0.5, 0.6) is 0 Å². The molecule has 19 unspecified atom stereocenters. The minimum Gasteiger partial charge on any atom is -0.463 e. The summed E-state index contributed by atoms with van der Waals surface area (Å²) in [5.41, 5.74) is 0. The first-order valence-electron chi connectivity index (χ1n) is 48.8. The summed E-state index contributed by atoms with van der Waals surface area (Å²) in [5, 5.41) is 102. The van der Waals surface area contributed by atoms with E-state index < -0.39 is 162 Å². The average molecular weight is 1740 g/mol. The number of aliphatic hydroxyl groups is 9. The molecule has 3 aliphatic rings. The zero-order valence-corrected chi connectivity index (χ0v) is 76.4. The molecule has 2 aliphatic heterocycles. The lowest BCUT2D eigenvalue weighted by Crippen LogP contribution is -2.70. The van der Waals surface area contributed by atoms with Gasteiger partial charge in [-0.2, -0.15) is 0 Å². The molecule has 3 fully saturated rings. The first-order valence-corrected chi connectivity index (χ1v) is 50.3. The third kappa shape index (κ3) is 51.9. The molecule has 3 rings (SSSR count). The SMILES string of the molecule is CCCCCCCC/C=C\CCCCCC(=O)OC1C(O)C(O)C(OC2OC(CO)C(O)C(O)C2O)C(OP(=O)(O)OCC(COC(=O)CCCCCCCCC(C)CCCCCCCC)OC(=O)CCCCCCCCCCCCCCCCCC)C1OC1OC(COC(=O)CCCCCCCCCCCCCCCCCC)C(O)C(O)C1O. The predicted molar refractivity (Wildman–Crippen MR) is 467 cm³/mol. The molecule has 0 radical (unpaired) electrons. The molecule has 2 saturated heterocycles. The Morgan fingerprint density at radius 3 is 1.08 bits per heavy atom. The molecule has 1 aliphatic carbocycles. The quantitative estimate of drug-likeness (QED) is 0.00889. The van der Waals surface area contributed by atoms with E-state index in [-0.39, 0.29) is 32.1 Å². The van der Waals surface area contributed by atoms with Crippen LogP contribution in [-0.2, 0) is 70.7 Å². The molecule has 0 spiro atoms. The lowest BCUT2D eigenvalue weighted by atomic mass is 9.84. The van der Waals surface area contributed by atoms with Crippen LogP contribution in [0, 0.1) is 5.92 Å². The topological polar surface area (TPSA) is 380 Å². The van der Waals surface area contributed by atoms with Gasteiger partial charge >= 0.3 is 31.7 Å². The van der Waals surface area contributed by atoms with Gasteiger partial charge in [0, 0.05) is 25.7 Å². The van der Waals surface area contributed by atoms with Crippen molar-refractivity contribution >= 4 is 31.7 Å².